The first-order chi connectivity index (χ1) is 13.9. The highest BCUT2D eigenvalue weighted by Crippen LogP contribution is 2.38. The van der Waals surface area contributed by atoms with Gasteiger partial charge in [-0.2, -0.15) is 5.26 Å². The Morgan fingerprint density at radius 3 is 2.41 bits per heavy atom. The van der Waals surface area contributed by atoms with Crippen molar-refractivity contribution in [1.82, 2.24) is 4.98 Å². The second-order valence-electron chi connectivity index (χ2n) is 6.14. The van der Waals surface area contributed by atoms with Crippen LogP contribution in [-0.4, -0.2) is 13.4 Å². The highest BCUT2D eigenvalue weighted by atomic mass is 35.5. The summed E-state index contributed by atoms with van der Waals surface area (Å²) >= 11 is 13.3. The minimum absolute atomic E-state index is 0.00950. The minimum Gasteiger partial charge on any atom is -0.353 e. The molecule has 0 radical (unpaired) electrons. The topological polar surface area (TPSA) is 73.7 Å². The van der Waals surface area contributed by atoms with E-state index in [-0.39, 0.29) is 9.80 Å². The number of halogens is 2. The molecule has 0 unspecified atom stereocenters. The number of thiophene rings is 1. The Kier molecular flexibility index (Phi) is 5.24. The lowest BCUT2D eigenvalue weighted by Crippen LogP contribution is -2.03. The van der Waals surface area contributed by atoms with Gasteiger partial charge in [-0.05, 0) is 48.5 Å². The number of hydrogen-bond donors (Lipinski definition) is 1. The standard InChI is InChI=1S/C21H12Cl2N2O2S2/c22-13-5-7-14(8-6-13)29(26,27)15(12-24)11-17-16-3-1-2-4-18(16)25-21(17)19-9-10-20(23)28-19/h1-11,25H/b15-11+. The number of nitrogens with one attached hydrogen (secondary N) is 1. The quantitative estimate of drug-likeness (QED) is 0.352. The Hall–Kier alpha value is -2.56. The third kappa shape index (κ3) is 3.70. The highest BCUT2D eigenvalue weighted by Gasteiger charge is 2.23. The average molecular weight is 459 g/mol. The fraction of sp³-hybridized carbons (Fsp3) is 0. The van der Waals surface area contributed by atoms with E-state index in [0.717, 1.165) is 15.8 Å². The van der Waals surface area contributed by atoms with Crippen LogP contribution in [0.2, 0.25) is 9.36 Å². The Bertz CT molecular complexity index is 1390. The molecule has 4 nitrogen and oxygen atoms in total. The molecule has 1 N–H and O–H groups in total. The molecule has 0 amide bonds. The zero-order chi connectivity index (χ0) is 20.6. The molecule has 0 atom stereocenters. The molecular weight excluding hydrogens is 447 g/mol. The third-order valence-corrected chi connectivity index (χ3v) is 7.55. The van der Waals surface area contributed by atoms with Crippen molar-refractivity contribution in [2.75, 3.05) is 0 Å². The van der Waals surface area contributed by atoms with Gasteiger partial charge in [-0.25, -0.2) is 8.42 Å². The van der Waals surface area contributed by atoms with Crippen LogP contribution in [0.5, 0.6) is 0 Å². The molecule has 29 heavy (non-hydrogen) atoms. The minimum atomic E-state index is -4.00. The van der Waals surface area contributed by atoms with Crippen molar-refractivity contribution in [3.8, 4) is 16.6 Å². The molecular formula is C21H12Cl2N2O2S2. The number of allylic oxidation sites excluding steroid dienone is 1. The summed E-state index contributed by atoms with van der Waals surface area (Å²) in [5.41, 5.74) is 2.16. The molecule has 2 heterocycles. The number of nitrogens with zero attached hydrogens (tertiary/aromatic N) is 1. The van der Waals surface area contributed by atoms with Gasteiger partial charge in [0.2, 0.25) is 9.84 Å². The van der Waals surface area contributed by atoms with Gasteiger partial charge in [0.05, 0.1) is 19.8 Å². The van der Waals surface area contributed by atoms with Crippen LogP contribution in [-0.2, 0) is 9.84 Å². The van der Waals surface area contributed by atoms with E-state index >= 15 is 0 Å². The van der Waals surface area contributed by atoms with E-state index in [0.29, 0.717) is 20.6 Å². The van der Waals surface area contributed by atoms with Crippen molar-refractivity contribution in [1.29, 1.82) is 5.26 Å². The number of aromatic nitrogens is 1. The first-order valence-corrected chi connectivity index (χ1v) is 11.4. The summed E-state index contributed by atoms with van der Waals surface area (Å²) in [6.45, 7) is 0. The molecule has 4 rings (SSSR count). The molecule has 0 saturated carbocycles. The van der Waals surface area contributed by atoms with Gasteiger partial charge < -0.3 is 4.98 Å². The largest absolute Gasteiger partial charge is 0.353 e. The van der Waals surface area contributed by atoms with E-state index in [4.69, 9.17) is 23.2 Å². The lowest BCUT2D eigenvalue weighted by Gasteiger charge is -2.04. The normalized spacial score (nSPS) is 12.2. The van der Waals surface area contributed by atoms with E-state index < -0.39 is 9.84 Å². The van der Waals surface area contributed by atoms with E-state index in [1.807, 2.05) is 36.4 Å². The summed E-state index contributed by atoms with van der Waals surface area (Å²) in [5, 5.41) is 10.9. The molecule has 0 spiro atoms. The fourth-order valence-electron chi connectivity index (χ4n) is 3.00. The van der Waals surface area contributed by atoms with Gasteiger partial charge in [0.25, 0.3) is 0 Å². The van der Waals surface area contributed by atoms with Gasteiger partial charge in [0.1, 0.15) is 11.0 Å². The summed E-state index contributed by atoms with van der Waals surface area (Å²) in [4.78, 5) is 3.81. The number of fused-ring (bicyclic) bond motifs is 1. The van der Waals surface area contributed by atoms with Crippen LogP contribution in [0.3, 0.4) is 0 Å². The summed E-state index contributed by atoms with van der Waals surface area (Å²) in [7, 11) is -4.00. The number of rotatable bonds is 4. The lowest BCUT2D eigenvalue weighted by atomic mass is 10.1. The van der Waals surface area contributed by atoms with Crippen LogP contribution in [0, 0.1) is 11.3 Å². The molecule has 2 aromatic carbocycles. The number of H-pyrrole nitrogens is 1. The van der Waals surface area contributed by atoms with Gasteiger partial charge in [-0.3, -0.25) is 0 Å². The van der Waals surface area contributed by atoms with Gasteiger partial charge in [0.15, 0.2) is 0 Å². The van der Waals surface area contributed by atoms with Crippen molar-refractivity contribution in [3.63, 3.8) is 0 Å². The molecule has 0 aliphatic heterocycles. The summed E-state index contributed by atoms with van der Waals surface area (Å²) in [5.74, 6) is 0. The number of para-hydroxylation sites is 1. The first-order valence-electron chi connectivity index (χ1n) is 8.39. The second-order valence-corrected chi connectivity index (χ2v) is 10.2. The third-order valence-electron chi connectivity index (χ3n) is 4.36. The summed E-state index contributed by atoms with van der Waals surface area (Å²) < 4.78 is 26.7. The maximum Gasteiger partial charge on any atom is 0.216 e. The molecule has 0 aliphatic rings. The van der Waals surface area contributed by atoms with E-state index in [1.165, 1.54) is 41.7 Å². The monoisotopic (exact) mass is 458 g/mol. The second kappa shape index (κ2) is 7.69. The number of nitriles is 1. The molecule has 0 bridgehead atoms. The molecule has 2 aromatic heterocycles. The highest BCUT2D eigenvalue weighted by molar-refractivity contribution is 7.95. The van der Waals surface area contributed by atoms with Crippen molar-refractivity contribution in [3.05, 3.63) is 80.5 Å². The first kappa shape index (κ1) is 19.7. The van der Waals surface area contributed by atoms with E-state index in [1.54, 1.807) is 6.07 Å². The van der Waals surface area contributed by atoms with Gasteiger partial charge in [0, 0.05) is 21.5 Å². The van der Waals surface area contributed by atoms with Crippen LogP contribution in [0.25, 0.3) is 27.6 Å². The predicted octanol–water partition coefficient (Wildman–Crippen LogP) is 6.54. The number of hydrogen-bond acceptors (Lipinski definition) is 4. The molecule has 4 aromatic rings. The molecule has 0 fully saturated rings. The van der Waals surface area contributed by atoms with Crippen LogP contribution in [0.4, 0.5) is 0 Å². The Morgan fingerprint density at radius 1 is 1.03 bits per heavy atom. The lowest BCUT2D eigenvalue weighted by molar-refractivity contribution is 0.603. The van der Waals surface area contributed by atoms with Crippen LogP contribution in [0.15, 0.2) is 70.5 Å². The fourth-order valence-corrected chi connectivity index (χ4v) is 5.32. The van der Waals surface area contributed by atoms with Crippen molar-refractivity contribution < 1.29 is 8.42 Å². The van der Waals surface area contributed by atoms with Crippen LogP contribution >= 0.6 is 34.5 Å². The van der Waals surface area contributed by atoms with E-state index in [2.05, 4.69) is 4.98 Å². The predicted molar refractivity (Wildman–Crippen MR) is 119 cm³/mol. The van der Waals surface area contributed by atoms with Crippen molar-refractivity contribution >= 4 is 61.4 Å². The summed E-state index contributed by atoms with van der Waals surface area (Å²) in [6, 6.07) is 18.7. The average Bonchev–Trinajstić information content (AvgIpc) is 3.29. The van der Waals surface area contributed by atoms with Crippen molar-refractivity contribution in [2.45, 2.75) is 4.90 Å². The molecule has 0 saturated heterocycles. The number of sulfone groups is 1. The van der Waals surface area contributed by atoms with Crippen LogP contribution < -0.4 is 0 Å². The van der Waals surface area contributed by atoms with Crippen molar-refractivity contribution in [2.24, 2.45) is 0 Å². The Labute approximate surface area is 181 Å². The molecule has 8 heteroatoms. The van der Waals surface area contributed by atoms with Gasteiger partial charge in [-0.1, -0.05) is 41.4 Å². The zero-order valence-corrected chi connectivity index (χ0v) is 17.8. The van der Waals surface area contributed by atoms with E-state index in [9.17, 15) is 13.7 Å². The Balaban J connectivity index is 1.94. The molecule has 144 valence electrons. The van der Waals surface area contributed by atoms with Gasteiger partial charge in [-0.15, -0.1) is 11.3 Å². The van der Waals surface area contributed by atoms with Crippen LogP contribution in [0.1, 0.15) is 5.56 Å². The number of aromatic amines is 1. The SMILES string of the molecule is N#C/C(=C\c1c(-c2ccc(Cl)s2)[nH]c2ccccc12)S(=O)(=O)c1ccc(Cl)cc1. The van der Waals surface area contributed by atoms with Gasteiger partial charge >= 0.3 is 0 Å². The maximum absolute atomic E-state index is 13.0. The maximum atomic E-state index is 13.0. The zero-order valence-electron chi connectivity index (χ0n) is 14.7. The molecule has 0 aliphatic carbocycles. The summed E-state index contributed by atoms with van der Waals surface area (Å²) in [6.07, 6.45) is 1.41. The smallest absolute Gasteiger partial charge is 0.216 e. The number of benzene rings is 2. The Morgan fingerprint density at radius 2 is 1.76 bits per heavy atom.